The second kappa shape index (κ2) is 6.92. The molecule has 0 radical (unpaired) electrons. The number of hydrogen-bond acceptors (Lipinski definition) is 3. The van der Waals surface area contributed by atoms with Crippen LogP contribution in [0.15, 0.2) is 40.4 Å². The third-order valence-corrected chi connectivity index (χ3v) is 5.53. The van der Waals surface area contributed by atoms with Gasteiger partial charge in [0.15, 0.2) is 0 Å². The van der Waals surface area contributed by atoms with Gasteiger partial charge in [0.25, 0.3) is 0 Å². The second-order valence-corrected chi connectivity index (χ2v) is 7.61. The van der Waals surface area contributed by atoms with Crippen molar-refractivity contribution in [2.24, 2.45) is 16.3 Å². The Morgan fingerprint density at radius 3 is 2.88 bits per heavy atom. The second-order valence-electron chi connectivity index (χ2n) is 7.61. The molecule has 0 aliphatic heterocycles. The van der Waals surface area contributed by atoms with E-state index >= 15 is 0 Å². The van der Waals surface area contributed by atoms with Gasteiger partial charge in [0.1, 0.15) is 0 Å². The zero-order valence-corrected chi connectivity index (χ0v) is 15.0. The number of para-hydroxylation sites is 1. The van der Waals surface area contributed by atoms with Crippen molar-refractivity contribution in [3.8, 4) is 0 Å². The molecule has 0 amide bonds. The van der Waals surface area contributed by atoms with Gasteiger partial charge in [-0.1, -0.05) is 37.1 Å². The van der Waals surface area contributed by atoms with Crippen molar-refractivity contribution in [2.75, 3.05) is 7.11 Å². The van der Waals surface area contributed by atoms with Crippen molar-refractivity contribution in [3.05, 3.63) is 41.0 Å². The Balaban J connectivity index is 1.76. The van der Waals surface area contributed by atoms with Crippen molar-refractivity contribution < 1.29 is 9.53 Å². The number of rotatable bonds is 3. The van der Waals surface area contributed by atoms with E-state index in [-0.39, 0.29) is 5.97 Å². The number of benzene rings is 1. The number of methoxy groups -OCH3 is 1. The van der Waals surface area contributed by atoms with Crippen molar-refractivity contribution in [2.45, 2.75) is 52.4 Å². The zero-order valence-electron chi connectivity index (χ0n) is 15.0. The topological polar surface area (TPSA) is 38.7 Å². The highest BCUT2D eigenvalue weighted by molar-refractivity contribution is 5.95. The Morgan fingerprint density at radius 2 is 2.08 bits per heavy atom. The van der Waals surface area contributed by atoms with Gasteiger partial charge < -0.3 is 4.74 Å². The Bertz CT molecular complexity index is 685. The summed E-state index contributed by atoms with van der Waals surface area (Å²) >= 11 is 0. The molecule has 0 saturated heterocycles. The van der Waals surface area contributed by atoms with E-state index in [9.17, 15) is 4.79 Å². The fraction of sp³-hybridized carbons (Fsp3) is 0.524. The van der Waals surface area contributed by atoms with Crippen molar-refractivity contribution in [1.29, 1.82) is 0 Å². The standard InChI is InChI=1S/C21H27NO2/c1-21(2)12-6-7-16-13-15(10-11-18(16)21)14-22-19-9-5-4-8-17(19)20(23)24-3/h4-5,8-9,14-15H,6-7,10-13H2,1-3H3. The van der Waals surface area contributed by atoms with E-state index in [0.29, 0.717) is 22.6 Å². The number of carbonyl (C=O) groups excluding carboxylic acids is 1. The van der Waals surface area contributed by atoms with Crippen LogP contribution in [0, 0.1) is 11.3 Å². The van der Waals surface area contributed by atoms with Crippen molar-refractivity contribution in [3.63, 3.8) is 0 Å². The Labute approximate surface area is 144 Å². The van der Waals surface area contributed by atoms with Crippen molar-refractivity contribution >= 4 is 17.9 Å². The molecule has 2 aliphatic carbocycles. The minimum Gasteiger partial charge on any atom is -0.465 e. The first-order chi connectivity index (χ1) is 11.5. The maximum Gasteiger partial charge on any atom is 0.340 e. The summed E-state index contributed by atoms with van der Waals surface area (Å²) in [4.78, 5) is 16.5. The van der Waals surface area contributed by atoms with Crippen LogP contribution in [0.2, 0.25) is 0 Å². The molecule has 0 N–H and O–H groups in total. The van der Waals surface area contributed by atoms with E-state index in [0.717, 1.165) is 12.8 Å². The quantitative estimate of drug-likeness (QED) is 0.419. The molecular formula is C21H27NO2. The monoisotopic (exact) mass is 325 g/mol. The summed E-state index contributed by atoms with van der Waals surface area (Å²) in [5.74, 6) is 0.147. The van der Waals surface area contributed by atoms with Gasteiger partial charge in [-0.3, -0.25) is 4.99 Å². The van der Waals surface area contributed by atoms with Gasteiger partial charge in [0.05, 0.1) is 18.4 Å². The van der Waals surface area contributed by atoms with Crippen LogP contribution in [0.25, 0.3) is 0 Å². The fourth-order valence-electron chi connectivity index (χ4n) is 4.19. The minimum absolute atomic E-state index is 0.328. The third-order valence-electron chi connectivity index (χ3n) is 5.53. The molecule has 0 aromatic heterocycles. The molecule has 3 nitrogen and oxygen atoms in total. The summed E-state index contributed by atoms with van der Waals surface area (Å²) in [6, 6.07) is 7.39. The lowest BCUT2D eigenvalue weighted by atomic mass is 9.66. The van der Waals surface area contributed by atoms with Gasteiger partial charge in [-0.25, -0.2) is 4.79 Å². The molecule has 0 bridgehead atoms. The summed E-state index contributed by atoms with van der Waals surface area (Å²) in [7, 11) is 1.41. The van der Waals surface area contributed by atoms with Crippen LogP contribution >= 0.6 is 0 Å². The van der Waals surface area contributed by atoms with Crippen LogP contribution < -0.4 is 0 Å². The number of ether oxygens (including phenoxy) is 1. The molecule has 128 valence electrons. The lowest BCUT2D eigenvalue weighted by Crippen LogP contribution is -2.25. The normalized spacial score (nSPS) is 23.2. The maximum atomic E-state index is 11.8. The van der Waals surface area contributed by atoms with Crippen LogP contribution in [0.4, 0.5) is 5.69 Å². The summed E-state index contributed by atoms with van der Waals surface area (Å²) < 4.78 is 4.84. The van der Waals surface area contributed by atoms with Gasteiger partial charge in [-0.2, -0.15) is 0 Å². The fourth-order valence-corrected chi connectivity index (χ4v) is 4.19. The Morgan fingerprint density at radius 1 is 1.29 bits per heavy atom. The number of carbonyl (C=O) groups is 1. The first-order valence-electron chi connectivity index (χ1n) is 8.94. The van der Waals surface area contributed by atoms with Gasteiger partial charge >= 0.3 is 5.97 Å². The van der Waals surface area contributed by atoms with Gasteiger partial charge in [0, 0.05) is 6.21 Å². The molecule has 0 heterocycles. The lowest BCUT2D eigenvalue weighted by molar-refractivity contribution is 0.0601. The van der Waals surface area contributed by atoms with E-state index in [1.165, 1.54) is 32.8 Å². The molecule has 1 aromatic carbocycles. The number of hydrogen-bond donors (Lipinski definition) is 0. The van der Waals surface area contributed by atoms with Crippen LogP contribution in [-0.2, 0) is 4.74 Å². The summed E-state index contributed by atoms with van der Waals surface area (Å²) in [5.41, 5.74) is 4.98. The zero-order chi connectivity index (χ0) is 17.2. The minimum atomic E-state index is -0.328. The number of esters is 1. The van der Waals surface area contributed by atoms with Gasteiger partial charge in [-0.15, -0.1) is 0 Å². The van der Waals surface area contributed by atoms with E-state index in [2.05, 4.69) is 18.8 Å². The molecule has 1 atom stereocenters. The molecular weight excluding hydrogens is 298 g/mol. The number of aliphatic imine (C=N–C) groups is 1. The highest BCUT2D eigenvalue weighted by Gasteiger charge is 2.33. The van der Waals surface area contributed by atoms with Crippen LogP contribution in [0.3, 0.4) is 0 Å². The van der Waals surface area contributed by atoms with Crippen molar-refractivity contribution in [1.82, 2.24) is 0 Å². The Kier molecular flexibility index (Phi) is 4.88. The van der Waals surface area contributed by atoms with Crippen LogP contribution in [0.1, 0.15) is 62.7 Å². The lowest BCUT2D eigenvalue weighted by Gasteiger charge is -2.39. The number of allylic oxidation sites excluding steroid dienone is 2. The molecule has 0 saturated carbocycles. The Hall–Kier alpha value is -1.90. The molecule has 0 spiro atoms. The van der Waals surface area contributed by atoms with E-state index in [1.807, 2.05) is 24.4 Å². The number of nitrogens with zero attached hydrogens (tertiary/aromatic N) is 1. The highest BCUT2D eigenvalue weighted by Crippen LogP contribution is 2.47. The molecule has 0 fully saturated rings. The highest BCUT2D eigenvalue weighted by atomic mass is 16.5. The summed E-state index contributed by atoms with van der Waals surface area (Å²) in [5, 5.41) is 0. The SMILES string of the molecule is COC(=O)c1ccccc1N=CC1CCC2=C(CCCC2(C)C)C1. The average Bonchev–Trinajstić information content (AvgIpc) is 2.59. The summed E-state index contributed by atoms with van der Waals surface area (Å²) in [6.07, 6.45) is 9.40. The average molecular weight is 325 g/mol. The van der Waals surface area contributed by atoms with Gasteiger partial charge in [-0.05, 0) is 62.0 Å². The molecule has 3 rings (SSSR count). The molecule has 3 heteroatoms. The molecule has 1 aromatic rings. The van der Waals surface area contributed by atoms with E-state index < -0.39 is 0 Å². The predicted molar refractivity (Wildman–Crippen MR) is 97.9 cm³/mol. The predicted octanol–water partition coefficient (Wildman–Crippen LogP) is 5.48. The van der Waals surface area contributed by atoms with Crippen LogP contribution in [0.5, 0.6) is 0 Å². The van der Waals surface area contributed by atoms with Gasteiger partial charge in [0.2, 0.25) is 0 Å². The van der Waals surface area contributed by atoms with Crippen LogP contribution in [-0.4, -0.2) is 19.3 Å². The molecule has 1 unspecified atom stereocenters. The van der Waals surface area contributed by atoms with E-state index in [1.54, 1.807) is 17.2 Å². The molecule has 24 heavy (non-hydrogen) atoms. The maximum absolute atomic E-state index is 11.8. The smallest absolute Gasteiger partial charge is 0.340 e. The van der Waals surface area contributed by atoms with E-state index in [4.69, 9.17) is 4.74 Å². The molecule has 2 aliphatic rings. The first-order valence-corrected chi connectivity index (χ1v) is 8.94. The largest absolute Gasteiger partial charge is 0.465 e. The first kappa shape index (κ1) is 16.9. The third kappa shape index (κ3) is 3.45. The summed E-state index contributed by atoms with van der Waals surface area (Å²) in [6.45, 7) is 4.78.